The third-order valence-electron chi connectivity index (χ3n) is 2.72. The van der Waals surface area contributed by atoms with Crippen LogP contribution in [0.15, 0.2) is 28.9 Å². The lowest BCUT2D eigenvalue weighted by Crippen LogP contribution is -2.23. The van der Waals surface area contributed by atoms with Gasteiger partial charge in [0.25, 0.3) is 5.91 Å². The summed E-state index contributed by atoms with van der Waals surface area (Å²) in [4.78, 5) is 12.1. The zero-order valence-corrected chi connectivity index (χ0v) is 12.2. The van der Waals surface area contributed by atoms with Crippen molar-refractivity contribution < 1.29 is 9.18 Å². The molecule has 6 heteroatoms. The summed E-state index contributed by atoms with van der Waals surface area (Å²) in [6.07, 6.45) is 0. The average molecular weight is 326 g/mol. The lowest BCUT2D eigenvalue weighted by molar-refractivity contribution is 0.0949. The molecule has 2 rings (SSSR count). The summed E-state index contributed by atoms with van der Waals surface area (Å²) < 4.78 is 15.2. The van der Waals surface area contributed by atoms with Gasteiger partial charge in [0.1, 0.15) is 10.4 Å². The number of benzene rings is 1. The normalized spacial score (nSPS) is 10.5. The molecule has 2 aromatic rings. The van der Waals surface area contributed by atoms with Crippen molar-refractivity contribution in [1.82, 2.24) is 15.1 Å². The van der Waals surface area contributed by atoms with Crippen LogP contribution in [0.25, 0.3) is 0 Å². The van der Waals surface area contributed by atoms with Crippen molar-refractivity contribution in [2.75, 3.05) is 0 Å². The molecule has 1 aromatic heterocycles. The quantitative estimate of drug-likeness (QED) is 0.942. The number of amides is 1. The highest BCUT2D eigenvalue weighted by molar-refractivity contribution is 9.10. The summed E-state index contributed by atoms with van der Waals surface area (Å²) in [5.41, 5.74) is 1.86. The van der Waals surface area contributed by atoms with Gasteiger partial charge in [-0.25, -0.2) is 4.39 Å². The van der Waals surface area contributed by atoms with Crippen molar-refractivity contribution in [2.24, 2.45) is 7.05 Å². The van der Waals surface area contributed by atoms with Crippen LogP contribution in [0.3, 0.4) is 0 Å². The van der Waals surface area contributed by atoms with Crippen molar-refractivity contribution >= 4 is 21.8 Å². The minimum Gasteiger partial charge on any atom is -0.348 e. The fraction of sp³-hybridized carbons (Fsp3) is 0.231. The maximum absolute atomic E-state index is 13.0. The van der Waals surface area contributed by atoms with Gasteiger partial charge in [0.05, 0.1) is 11.3 Å². The highest BCUT2D eigenvalue weighted by Crippen LogP contribution is 2.19. The Labute approximate surface area is 118 Å². The zero-order chi connectivity index (χ0) is 14.0. The van der Waals surface area contributed by atoms with E-state index in [9.17, 15) is 9.18 Å². The van der Waals surface area contributed by atoms with Gasteiger partial charge in [-0.2, -0.15) is 5.10 Å². The second-order valence-electron chi connectivity index (χ2n) is 4.19. The molecule has 0 spiro atoms. The van der Waals surface area contributed by atoms with Crippen LogP contribution in [0.1, 0.15) is 21.6 Å². The number of aryl methyl sites for hydroxylation is 2. The number of aromatic nitrogens is 2. The van der Waals surface area contributed by atoms with Gasteiger partial charge in [0.15, 0.2) is 0 Å². The van der Waals surface area contributed by atoms with Crippen LogP contribution in [-0.4, -0.2) is 15.7 Å². The van der Waals surface area contributed by atoms with E-state index in [-0.39, 0.29) is 18.3 Å². The SMILES string of the molecule is Cc1nn(C)c(Br)c1C(=O)NCc1cccc(F)c1. The first-order valence-corrected chi connectivity index (χ1v) is 6.50. The molecule has 0 saturated heterocycles. The molecule has 0 aliphatic carbocycles. The standard InChI is InChI=1S/C13H13BrFN3O/c1-8-11(12(14)18(2)17-8)13(19)16-7-9-4-3-5-10(15)6-9/h3-6H,7H2,1-2H3,(H,16,19). The number of hydrogen-bond donors (Lipinski definition) is 1. The molecule has 0 radical (unpaired) electrons. The molecule has 0 bridgehead atoms. The smallest absolute Gasteiger partial charge is 0.256 e. The number of hydrogen-bond acceptors (Lipinski definition) is 2. The Morgan fingerprint density at radius 3 is 2.84 bits per heavy atom. The topological polar surface area (TPSA) is 46.9 Å². The Morgan fingerprint density at radius 2 is 2.26 bits per heavy atom. The van der Waals surface area contributed by atoms with Crippen LogP contribution in [0, 0.1) is 12.7 Å². The zero-order valence-electron chi connectivity index (χ0n) is 10.6. The minimum absolute atomic E-state index is 0.235. The lowest BCUT2D eigenvalue weighted by Gasteiger charge is -2.05. The second-order valence-corrected chi connectivity index (χ2v) is 4.94. The number of nitrogens with one attached hydrogen (secondary N) is 1. The molecule has 0 unspecified atom stereocenters. The molecule has 1 N–H and O–H groups in total. The number of halogens is 2. The maximum Gasteiger partial charge on any atom is 0.256 e. The molecule has 0 saturated carbocycles. The fourth-order valence-corrected chi connectivity index (χ4v) is 2.35. The molecule has 19 heavy (non-hydrogen) atoms. The van der Waals surface area contributed by atoms with E-state index in [2.05, 4.69) is 26.3 Å². The Balaban J connectivity index is 2.10. The van der Waals surface area contributed by atoms with Gasteiger partial charge in [0, 0.05) is 13.6 Å². The van der Waals surface area contributed by atoms with E-state index in [0.717, 1.165) is 0 Å². The summed E-state index contributed by atoms with van der Waals surface area (Å²) >= 11 is 3.32. The van der Waals surface area contributed by atoms with Gasteiger partial charge in [-0.05, 0) is 40.5 Å². The highest BCUT2D eigenvalue weighted by Gasteiger charge is 2.18. The number of nitrogens with zero attached hydrogens (tertiary/aromatic N) is 2. The molecule has 0 aliphatic rings. The Morgan fingerprint density at radius 1 is 1.53 bits per heavy atom. The predicted molar refractivity (Wildman–Crippen MR) is 73.2 cm³/mol. The third-order valence-corrected chi connectivity index (χ3v) is 3.63. The van der Waals surface area contributed by atoms with Crippen molar-refractivity contribution in [3.05, 3.63) is 51.5 Å². The Hall–Kier alpha value is -1.69. The first-order valence-electron chi connectivity index (χ1n) is 5.70. The molecular formula is C13H13BrFN3O. The molecular weight excluding hydrogens is 313 g/mol. The Bertz CT molecular complexity index is 624. The van der Waals surface area contributed by atoms with Crippen LogP contribution in [0.4, 0.5) is 4.39 Å². The summed E-state index contributed by atoms with van der Waals surface area (Å²) in [6.45, 7) is 2.04. The average Bonchev–Trinajstić information content (AvgIpc) is 2.61. The van der Waals surface area contributed by atoms with Crippen molar-refractivity contribution in [3.8, 4) is 0 Å². The van der Waals surface area contributed by atoms with Crippen LogP contribution in [-0.2, 0) is 13.6 Å². The summed E-state index contributed by atoms with van der Waals surface area (Å²) in [5.74, 6) is -0.549. The van der Waals surface area contributed by atoms with Crippen molar-refractivity contribution in [3.63, 3.8) is 0 Å². The number of carbonyl (C=O) groups is 1. The fourth-order valence-electron chi connectivity index (χ4n) is 1.81. The Kier molecular flexibility index (Phi) is 3.99. The van der Waals surface area contributed by atoms with Crippen LogP contribution in [0.2, 0.25) is 0 Å². The largest absolute Gasteiger partial charge is 0.348 e. The van der Waals surface area contributed by atoms with E-state index in [1.165, 1.54) is 12.1 Å². The summed E-state index contributed by atoms with van der Waals surface area (Å²) in [5, 5.41) is 6.90. The van der Waals surface area contributed by atoms with Crippen molar-refractivity contribution in [2.45, 2.75) is 13.5 Å². The molecule has 0 fully saturated rings. The van der Waals surface area contributed by atoms with E-state index >= 15 is 0 Å². The monoisotopic (exact) mass is 325 g/mol. The predicted octanol–water partition coefficient (Wildman–Crippen LogP) is 2.56. The first-order chi connectivity index (χ1) is 8.99. The molecule has 100 valence electrons. The summed E-state index contributed by atoms with van der Waals surface area (Å²) in [7, 11) is 1.75. The third kappa shape index (κ3) is 3.01. The van der Waals surface area contributed by atoms with Crippen LogP contribution < -0.4 is 5.32 Å². The van der Waals surface area contributed by atoms with Crippen LogP contribution in [0.5, 0.6) is 0 Å². The molecule has 1 amide bonds. The van der Waals surface area contributed by atoms with Crippen molar-refractivity contribution in [1.29, 1.82) is 0 Å². The van der Waals surface area contributed by atoms with E-state index in [1.807, 2.05) is 0 Å². The molecule has 1 heterocycles. The molecule has 1 aromatic carbocycles. The van der Waals surface area contributed by atoms with Gasteiger partial charge in [0.2, 0.25) is 0 Å². The first kappa shape index (κ1) is 13.7. The van der Waals surface area contributed by atoms with Crippen LogP contribution >= 0.6 is 15.9 Å². The lowest BCUT2D eigenvalue weighted by atomic mass is 10.2. The van der Waals surface area contributed by atoms with Gasteiger partial charge < -0.3 is 5.32 Å². The number of rotatable bonds is 3. The molecule has 0 aliphatic heterocycles. The molecule has 0 atom stereocenters. The van der Waals surface area contributed by atoms with Gasteiger partial charge in [-0.3, -0.25) is 9.48 Å². The maximum atomic E-state index is 13.0. The second kappa shape index (κ2) is 5.52. The van der Waals surface area contributed by atoms with E-state index in [1.54, 1.807) is 30.8 Å². The minimum atomic E-state index is -0.314. The van der Waals surface area contributed by atoms with Gasteiger partial charge in [-0.1, -0.05) is 12.1 Å². The van der Waals surface area contributed by atoms with Gasteiger partial charge in [-0.15, -0.1) is 0 Å². The highest BCUT2D eigenvalue weighted by atomic mass is 79.9. The number of carbonyl (C=O) groups excluding carboxylic acids is 1. The summed E-state index contributed by atoms with van der Waals surface area (Å²) in [6, 6.07) is 6.13. The van der Waals surface area contributed by atoms with E-state index in [0.29, 0.717) is 21.4 Å². The van der Waals surface area contributed by atoms with E-state index in [4.69, 9.17) is 0 Å². The molecule has 4 nitrogen and oxygen atoms in total. The van der Waals surface area contributed by atoms with Gasteiger partial charge >= 0.3 is 0 Å². The van der Waals surface area contributed by atoms with E-state index < -0.39 is 0 Å².